The third kappa shape index (κ3) is 6.81. The van der Waals surface area contributed by atoms with Crippen LogP contribution in [0.3, 0.4) is 0 Å². The Balaban J connectivity index is 4.18. The van der Waals surface area contributed by atoms with E-state index in [4.69, 9.17) is 11.5 Å². The molecule has 1 unspecified atom stereocenters. The lowest BCUT2D eigenvalue weighted by atomic mass is 10.3. The van der Waals surface area contributed by atoms with Crippen LogP contribution in [-0.2, 0) is 14.4 Å². The Bertz CT molecular complexity index is 365. The number of terminal acetylenes is 1. The quantitative estimate of drug-likeness (QED) is 0.540. The lowest BCUT2D eigenvalue weighted by molar-refractivity contribution is -0.140. The maximum absolute atomic E-state index is 11.4. The zero-order chi connectivity index (χ0) is 14.1. The fourth-order valence-electron chi connectivity index (χ4n) is 1.02. The number of amides is 2. The monoisotopic (exact) mass is 272 g/mol. The van der Waals surface area contributed by atoms with Crippen LogP contribution in [0.4, 0.5) is 0 Å². The second-order valence-electron chi connectivity index (χ2n) is 3.49. The van der Waals surface area contributed by atoms with Gasteiger partial charge < -0.3 is 15.7 Å². The highest BCUT2D eigenvalue weighted by molar-refractivity contribution is 8.00. The molecule has 7 heteroatoms. The van der Waals surface area contributed by atoms with Crippen LogP contribution >= 0.6 is 11.8 Å². The van der Waals surface area contributed by atoms with E-state index in [2.05, 4.69) is 16.6 Å². The number of carbonyl (C=O) groups is 3. The molecule has 0 aromatic carbocycles. The average molecular weight is 272 g/mol. The average Bonchev–Trinajstić information content (AvgIpc) is 2.30. The molecule has 100 valence electrons. The molecule has 0 heterocycles. The van der Waals surface area contributed by atoms with Crippen LogP contribution in [0.1, 0.15) is 13.8 Å². The van der Waals surface area contributed by atoms with E-state index in [9.17, 15) is 14.4 Å². The topological polar surface area (TPSA) is 95.5 Å². The molecule has 0 bridgehead atoms. The second kappa shape index (κ2) is 8.42. The summed E-state index contributed by atoms with van der Waals surface area (Å²) in [7, 11) is 0. The maximum Gasteiger partial charge on any atom is 0.327 e. The summed E-state index contributed by atoms with van der Waals surface area (Å²) in [5.74, 6) is 0.567. The molecule has 0 fully saturated rings. The van der Waals surface area contributed by atoms with E-state index in [0.29, 0.717) is 0 Å². The van der Waals surface area contributed by atoms with Crippen molar-refractivity contribution in [3.63, 3.8) is 0 Å². The van der Waals surface area contributed by atoms with E-state index in [-0.39, 0.29) is 18.2 Å². The highest BCUT2D eigenvalue weighted by atomic mass is 32.2. The molecule has 0 aromatic heterocycles. The van der Waals surface area contributed by atoms with Gasteiger partial charge in [-0.1, -0.05) is 5.92 Å². The van der Waals surface area contributed by atoms with E-state index in [1.807, 2.05) is 0 Å². The number of carboxylic acid groups (broad SMARTS) is 1. The number of aliphatic carboxylic acids is 1. The summed E-state index contributed by atoms with van der Waals surface area (Å²) in [6.07, 6.45) is 5.00. The Morgan fingerprint density at radius 1 is 1.44 bits per heavy atom. The van der Waals surface area contributed by atoms with Crippen molar-refractivity contribution in [3.8, 4) is 12.3 Å². The molecule has 0 aliphatic rings. The largest absolute Gasteiger partial charge is 0.480 e. The Morgan fingerprint density at radius 2 is 2.06 bits per heavy atom. The Morgan fingerprint density at radius 3 is 2.50 bits per heavy atom. The first-order chi connectivity index (χ1) is 8.38. The SMILES string of the molecule is C#CCNC(=O)C(C)SC[C@H](NC(C)=O)C(=O)O. The zero-order valence-electron chi connectivity index (χ0n) is 10.2. The van der Waals surface area contributed by atoms with Crippen molar-refractivity contribution < 1.29 is 19.5 Å². The molecule has 0 saturated carbocycles. The molecule has 0 aliphatic carbocycles. The Kier molecular flexibility index (Phi) is 7.63. The number of nitrogens with one attached hydrogen (secondary N) is 2. The molecule has 6 nitrogen and oxygen atoms in total. The third-order valence-corrected chi connectivity index (χ3v) is 3.16. The van der Waals surface area contributed by atoms with Crippen LogP contribution in [0.5, 0.6) is 0 Å². The number of rotatable bonds is 7. The van der Waals surface area contributed by atoms with Gasteiger partial charge in [-0.15, -0.1) is 18.2 Å². The lowest BCUT2D eigenvalue weighted by Gasteiger charge is -2.15. The highest BCUT2D eigenvalue weighted by Gasteiger charge is 2.21. The van der Waals surface area contributed by atoms with Gasteiger partial charge in [-0.2, -0.15) is 0 Å². The minimum atomic E-state index is -1.13. The fraction of sp³-hybridized carbons (Fsp3) is 0.545. The van der Waals surface area contributed by atoms with Crippen molar-refractivity contribution in [1.29, 1.82) is 0 Å². The summed E-state index contributed by atoms with van der Waals surface area (Å²) < 4.78 is 0. The van der Waals surface area contributed by atoms with Crippen molar-refractivity contribution in [3.05, 3.63) is 0 Å². The van der Waals surface area contributed by atoms with Gasteiger partial charge in [-0.25, -0.2) is 4.79 Å². The Labute approximate surface area is 110 Å². The predicted octanol–water partition coefficient (Wildman–Crippen LogP) is -0.553. The second-order valence-corrected chi connectivity index (χ2v) is 4.86. The first-order valence-electron chi connectivity index (χ1n) is 5.21. The summed E-state index contributed by atoms with van der Waals surface area (Å²) in [5.41, 5.74) is 0. The fourth-order valence-corrected chi connectivity index (χ4v) is 1.96. The molecule has 0 spiro atoms. The normalized spacial score (nSPS) is 12.9. The molecule has 2 amide bonds. The molecular formula is C11H16N2O4S. The van der Waals surface area contributed by atoms with Crippen molar-refractivity contribution in [2.24, 2.45) is 0 Å². The van der Waals surface area contributed by atoms with Crippen molar-refractivity contribution in [2.75, 3.05) is 12.3 Å². The molecule has 0 aromatic rings. The number of thioether (sulfide) groups is 1. The minimum absolute atomic E-state index is 0.111. The van der Waals surface area contributed by atoms with Crippen LogP contribution in [0, 0.1) is 12.3 Å². The van der Waals surface area contributed by atoms with Crippen LogP contribution in [0.25, 0.3) is 0 Å². The predicted molar refractivity (Wildman–Crippen MR) is 69.0 cm³/mol. The molecule has 0 rings (SSSR count). The number of hydrogen-bond acceptors (Lipinski definition) is 4. The summed E-state index contributed by atoms with van der Waals surface area (Å²) >= 11 is 1.14. The molecule has 3 N–H and O–H groups in total. The van der Waals surface area contributed by atoms with Crippen molar-refractivity contribution in [1.82, 2.24) is 10.6 Å². The summed E-state index contributed by atoms with van der Waals surface area (Å²) in [5, 5.41) is 13.2. The molecule has 18 heavy (non-hydrogen) atoms. The third-order valence-electron chi connectivity index (χ3n) is 1.92. The van der Waals surface area contributed by atoms with Crippen LogP contribution < -0.4 is 10.6 Å². The van der Waals surface area contributed by atoms with Crippen LogP contribution in [0.15, 0.2) is 0 Å². The van der Waals surface area contributed by atoms with E-state index in [1.54, 1.807) is 6.92 Å². The lowest BCUT2D eigenvalue weighted by Crippen LogP contribution is -2.42. The van der Waals surface area contributed by atoms with E-state index in [0.717, 1.165) is 11.8 Å². The van der Waals surface area contributed by atoms with Gasteiger partial charge >= 0.3 is 5.97 Å². The van der Waals surface area contributed by atoms with Gasteiger partial charge in [0.25, 0.3) is 0 Å². The molecule has 2 atom stereocenters. The summed E-state index contributed by atoms with van der Waals surface area (Å²) in [6, 6.07) is -1.00. The van der Waals surface area contributed by atoms with Gasteiger partial charge in [0.1, 0.15) is 6.04 Å². The van der Waals surface area contributed by atoms with Crippen molar-refractivity contribution >= 4 is 29.5 Å². The number of carbonyl (C=O) groups excluding carboxylic acids is 2. The first-order valence-corrected chi connectivity index (χ1v) is 6.26. The number of hydrogen-bond donors (Lipinski definition) is 3. The zero-order valence-corrected chi connectivity index (χ0v) is 11.0. The summed E-state index contributed by atoms with van der Waals surface area (Å²) in [6.45, 7) is 3.02. The number of carboxylic acids is 1. The van der Waals surface area contributed by atoms with E-state index >= 15 is 0 Å². The maximum atomic E-state index is 11.4. The molecule has 0 aliphatic heterocycles. The Hall–Kier alpha value is -1.68. The van der Waals surface area contributed by atoms with Crippen molar-refractivity contribution in [2.45, 2.75) is 25.1 Å². The van der Waals surface area contributed by atoms with Gasteiger partial charge in [0.15, 0.2) is 0 Å². The van der Waals surface area contributed by atoms with Gasteiger partial charge in [-0.3, -0.25) is 9.59 Å². The molecular weight excluding hydrogens is 256 g/mol. The first kappa shape index (κ1) is 16.3. The van der Waals surface area contributed by atoms with Gasteiger partial charge in [0.05, 0.1) is 11.8 Å². The van der Waals surface area contributed by atoms with Crippen LogP contribution in [0.2, 0.25) is 0 Å². The van der Waals surface area contributed by atoms with Gasteiger partial charge in [0, 0.05) is 12.7 Å². The molecule has 0 saturated heterocycles. The van der Waals surface area contributed by atoms with Gasteiger partial charge in [-0.05, 0) is 6.92 Å². The van der Waals surface area contributed by atoms with E-state index < -0.39 is 23.2 Å². The minimum Gasteiger partial charge on any atom is -0.480 e. The highest BCUT2D eigenvalue weighted by Crippen LogP contribution is 2.12. The van der Waals surface area contributed by atoms with Crippen LogP contribution in [-0.4, -0.2) is 46.5 Å². The van der Waals surface area contributed by atoms with Gasteiger partial charge in [0.2, 0.25) is 11.8 Å². The van der Waals surface area contributed by atoms with E-state index in [1.165, 1.54) is 6.92 Å². The standard InChI is InChI=1S/C11H16N2O4S/c1-4-5-12-10(15)7(2)18-6-9(11(16)17)13-8(3)14/h1,7,9H,5-6H2,2-3H3,(H,12,15)(H,13,14)(H,16,17)/t7?,9-/m0/s1. The summed E-state index contributed by atoms with van der Waals surface area (Å²) in [4.78, 5) is 33.1. The molecule has 0 radical (unpaired) electrons. The smallest absolute Gasteiger partial charge is 0.327 e.